The van der Waals surface area contributed by atoms with Crippen LogP contribution in [0.4, 0.5) is 19.1 Å². The fourth-order valence-electron chi connectivity index (χ4n) is 2.23. The van der Waals surface area contributed by atoms with E-state index in [4.69, 9.17) is 0 Å². The van der Waals surface area contributed by atoms with Gasteiger partial charge in [-0.05, 0) is 31.2 Å². The topological polar surface area (TPSA) is 49.2 Å². The van der Waals surface area contributed by atoms with Crippen molar-refractivity contribution >= 4 is 5.95 Å². The summed E-state index contributed by atoms with van der Waals surface area (Å²) in [7, 11) is 0. The van der Waals surface area contributed by atoms with Gasteiger partial charge in [-0.25, -0.2) is 9.97 Å². The molecule has 1 aliphatic heterocycles. The number of aromatic nitrogens is 2. The quantitative estimate of drug-likeness (QED) is 0.896. The first-order chi connectivity index (χ1) is 8.88. The largest absolute Gasteiger partial charge is 0.414 e. The van der Waals surface area contributed by atoms with Crippen molar-refractivity contribution in [3.63, 3.8) is 0 Å². The van der Waals surface area contributed by atoms with Crippen molar-refractivity contribution in [3.8, 4) is 0 Å². The summed E-state index contributed by atoms with van der Waals surface area (Å²) in [6.45, 7) is 2.73. The minimum absolute atomic E-state index is 0.290. The van der Waals surface area contributed by atoms with E-state index in [-0.39, 0.29) is 12.8 Å². The molecule has 1 N–H and O–H groups in total. The van der Waals surface area contributed by atoms with Gasteiger partial charge in [0.25, 0.3) is 0 Å². The summed E-state index contributed by atoms with van der Waals surface area (Å²) in [5, 5.41) is 9.23. The molecule has 0 aliphatic carbocycles. The van der Waals surface area contributed by atoms with E-state index >= 15 is 0 Å². The maximum Gasteiger partial charge on any atom is 0.414 e. The zero-order chi connectivity index (χ0) is 14.0. The van der Waals surface area contributed by atoms with Crippen molar-refractivity contribution in [2.75, 3.05) is 18.0 Å². The number of rotatable bonds is 2. The Hall–Kier alpha value is -1.37. The van der Waals surface area contributed by atoms with E-state index in [1.54, 1.807) is 12.4 Å². The van der Waals surface area contributed by atoms with Crippen LogP contribution in [0.25, 0.3) is 0 Å². The van der Waals surface area contributed by atoms with E-state index < -0.39 is 18.2 Å². The van der Waals surface area contributed by atoms with Crippen LogP contribution in [0, 0.1) is 12.8 Å². The van der Waals surface area contributed by atoms with Crippen molar-refractivity contribution in [1.29, 1.82) is 0 Å². The maximum atomic E-state index is 12.4. The molecule has 1 atom stereocenters. The second-order valence-electron chi connectivity index (χ2n) is 4.87. The standard InChI is InChI=1S/C12H16F3N3O/c1-8-6-16-11(17-7-8)18-4-2-9(3-5-18)10(19)12(13,14)15/h6-7,9-10,19H,2-5H2,1H3. The molecule has 1 saturated heterocycles. The molecule has 7 heteroatoms. The van der Waals surface area contributed by atoms with Gasteiger partial charge in [-0.1, -0.05) is 0 Å². The lowest BCUT2D eigenvalue weighted by Crippen LogP contribution is -2.43. The average molecular weight is 275 g/mol. The third-order valence-corrected chi connectivity index (χ3v) is 3.37. The molecule has 1 aliphatic rings. The molecule has 1 aromatic heterocycles. The summed E-state index contributed by atoms with van der Waals surface area (Å²) < 4.78 is 37.2. The summed E-state index contributed by atoms with van der Waals surface area (Å²) >= 11 is 0. The van der Waals surface area contributed by atoms with Gasteiger partial charge in [0.05, 0.1) is 0 Å². The molecule has 4 nitrogen and oxygen atoms in total. The van der Waals surface area contributed by atoms with Gasteiger partial charge in [0.15, 0.2) is 6.10 Å². The molecule has 0 spiro atoms. The predicted molar refractivity (Wildman–Crippen MR) is 63.8 cm³/mol. The van der Waals surface area contributed by atoms with Gasteiger partial charge in [0, 0.05) is 25.5 Å². The van der Waals surface area contributed by atoms with Crippen LogP contribution in [0.2, 0.25) is 0 Å². The molecular weight excluding hydrogens is 259 g/mol. The second-order valence-corrected chi connectivity index (χ2v) is 4.87. The molecule has 0 amide bonds. The Morgan fingerprint density at radius 1 is 1.26 bits per heavy atom. The molecule has 0 radical (unpaired) electrons. The molecule has 106 valence electrons. The van der Waals surface area contributed by atoms with E-state index in [2.05, 4.69) is 9.97 Å². The summed E-state index contributed by atoms with van der Waals surface area (Å²) in [6.07, 6.45) is -2.82. The number of piperidine rings is 1. The Morgan fingerprint density at radius 3 is 2.26 bits per heavy atom. The van der Waals surface area contributed by atoms with Gasteiger partial charge < -0.3 is 10.0 Å². The van der Waals surface area contributed by atoms with Crippen molar-refractivity contribution in [2.24, 2.45) is 5.92 Å². The first-order valence-corrected chi connectivity index (χ1v) is 6.16. The first-order valence-electron chi connectivity index (χ1n) is 6.16. The number of anilines is 1. The van der Waals surface area contributed by atoms with Gasteiger partial charge in [-0.3, -0.25) is 0 Å². The fraction of sp³-hybridized carbons (Fsp3) is 0.667. The Labute approximate surface area is 109 Å². The normalized spacial score (nSPS) is 19.5. The van der Waals surface area contributed by atoms with Crippen LogP contribution in [0.3, 0.4) is 0 Å². The number of aryl methyl sites for hydroxylation is 1. The Balaban J connectivity index is 1.94. The molecule has 0 aromatic carbocycles. The Bertz CT molecular complexity index is 413. The molecule has 1 unspecified atom stereocenters. The number of nitrogens with zero attached hydrogens (tertiary/aromatic N) is 3. The minimum Gasteiger partial charge on any atom is -0.383 e. The van der Waals surface area contributed by atoms with Gasteiger partial charge in [0.1, 0.15) is 0 Å². The van der Waals surface area contributed by atoms with Crippen LogP contribution < -0.4 is 4.90 Å². The Morgan fingerprint density at radius 2 is 1.79 bits per heavy atom. The molecule has 1 fully saturated rings. The summed E-state index contributed by atoms with van der Waals surface area (Å²) in [5.74, 6) is -0.202. The highest BCUT2D eigenvalue weighted by Crippen LogP contribution is 2.32. The van der Waals surface area contributed by atoms with E-state index in [1.807, 2.05) is 11.8 Å². The molecule has 19 heavy (non-hydrogen) atoms. The van der Waals surface area contributed by atoms with E-state index in [9.17, 15) is 18.3 Å². The van der Waals surface area contributed by atoms with Gasteiger partial charge in [-0.15, -0.1) is 0 Å². The molecule has 0 saturated carbocycles. The third kappa shape index (κ3) is 3.34. The van der Waals surface area contributed by atoms with Crippen molar-refractivity contribution in [1.82, 2.24) is 9.97 Å². The van der Waals surface area contributed by atoms with Crippen molar-refractivity contribution < 1.29 is 18.3 Å². The highest BCUT2D eigenvalue weighted by atomic mass is 19.4. The number of aliphatic hydroxyl groups excluding tert-OH is 1. The van der Waals surface area contributed by atoms with Gasteiger partial charge in [0.2, 0.25) is 5.95 Å². The van der Waals surface area contributed by atoms with E-state index in [0.717, 1.165) is 5.56 Å². The van der Waals surface area contributed by atoms with Crippen LogP contribution in [0.15, 0.2) is 12.4 Å². The lowest BCUT2D eigenvalue weighted by atomic mass is 9.91. The highest BCUT2D eigenvalue weighted by molar-refractivity contribution is 5.30. The van der Waals surface area contributed by atoms with Gasteiger partial charge in [-0.2, -0.15) is 13.2 Å². The summed E-state index contributed by atoms with van der Waals surface area (Å²) in [5.41, 5.74) is 0.936. The first kappa shape index (κ1) is 14.0. The number of halogens is 3. The van der Waals surface area contributed by atoms with E-state index in [1.165, 1.54) is 0 Å². The third-order valence-electron chi connectivity index (χ3n) is 3.37. The van der Waals surface area contributed by atoms with Crippen LogP contribution >= 0.6 is 0 Å². The van der Waals surface area contributed by atoms with Crippen molar-refractivity contribution in [3.05, 3.63) is 18.0 Å². The molecule has 2 heterocycles. The van der Waals surface area contributed by atoms with Gasteiger partial charge >= 0.3 is 6.18 Å². The number of hydrogen-bond donors (Lipinski definition) is 1. The van der Waals surface area contributed by atoms with Crippen LogP contribution in [0.1, 0.15) is 18.4 Å². The van der Waals surface area contributed by atoms with E-state index in [0.29, 0.717) is 19.0 Å². The zero-order valence-corrected chi connectivity index (χ0v) is 10.6. The highest BCUT2D eigenvalue weighted by Gasteiger charge is 2.44. The number of aliphatic hydroxyl groups is 1. The lowest BCUT2D eigenvalue weighted by molar-refractivity contribution is -0.221. The lowest BCUT2D eigenvalue weighted by Gasteiger charge is -2.34. The minimum atomic E-state index is -4.53. The second kappa shape index (κ2) is 5.32. The molecule has 0 bridgehead atoms. The SMILES string of the molecule is Cc1cnc(N2CCC(C(O)C(F)(F)F)CC2)nc1. The zero-order valence-electron chi connectivity index (χ0n) is 10.6. The fourth-order valence-corrected chi connectivity index (χ4v) is 2.23. The smallest absolute Gasteiger partial charge is 0.383 e. The van der Waals surface area contributed by atoms with Crippen LogP contribution in [0.5, 0.6) is 0 Å². The Kier molecular flexibility index (Phi) is 3.93. The monoisotopic (exact) mass is 275 g/mol. The summed E-state index contributed by atoms with van der Waals surface area (Å²) in [4.78, 5) is 10.1. The van der Waals surface area contributed by atoms with Crippen LogP contribution in [-0.4, -0.2) is 40.4 Å². The predicted octanol–water partition coefficient (Wildman–Crippen LogP) is 1.92. The number of hydrogen-bond acceptors (Lipinski definition) is 4. The van der Waals surface area contributed by atoms with Crippen molar-refractivity contribution in [2.45, 2.75) is 32.0 Å². The molecule has 2 rings (SSSR count). The number of alkyl halides is 3. The molecular formula is C12H16F3N3O. The average Bonchev–Trinajstić information content (AvgIpc) is 2.38. The molecule has 1 aromatic rings. The van der Waals surface area contributed by atoms with Crippen LogP contribution in [-0.2, 0) is 0 Å². The maximum absolute atomic E-state index is 12.4. The summed E-state index contributed by atoms with van der Waals surface area (Å²) in [6, 6.07) is 0.